The molecule has 0 unspecified atom stereocenters. The Hall–Kier alpha value is -1.70. The molecule has 2 rings (SSSR count). The molecule has 0 saturated heterocycles. The molecular weight excluding hydrogens is 160 g/mol. The lowest BCUT2D eigenvalue weighted by Gasteiger charge is -2.02. The monoisotopic (exact) mass is 170 g/mol. The van der Waals surface area contributed by atoms with Gasteiger partial charge in [0.05, 0.1) is 5.69 Å². The molecule has 0 amide bonds. The van der Waals surface area contributed by atoms with Crippen molar-refractivity contribution in [1.82, 2.24) is 9.97 Å². The molecule has 0 fully saturated rings. The Balaban J connectivity index is 2.54. The lowest BCUT2D eigenvalue weighted by Crippen LogP contribution is -1.86. The van der Waals surface area contributed by atoms with E-state index in [4.69, 9.17) is 0 Å². The van der Waals surface area contributed by atoms with Crippen LogP contribution in [-0.4, -0.2) is 9.97 Å². The summed E-state index contributed by atoms with van der Waals surface area (Å²) in [5, 5.41) is 0. The van der Waals surface area contributed by atoms with Crippen molar-refractivity contribution in [2.24, 2.45) is 0 Å². The first-order valence-electron chi connectivity index (χ1n) is 4.20. The third kappa shape index (κ3) is 1.56. The van der Waals surface area contributed by atoms with Crippen LogP contribution in [0.1, 0.15) is 5.56 Å². The van der Waals surface area contributed by atoms with Gasteiger partial charge in [-0.3, -0.25) is 0 Å². The van der Waals surface area contributed by atoms with Gasteiger partial charge in [0.1, 0.15) is 6.33 Å². The molecule has 2 aromatic rings. The van der Waals surface area contributed by atoms with Gasteiger partial charge >= 0.3 is 0 Å². The van der Waals surface area contributed by atoms with Crippen LogP contribution in [0.4, 0.5) is 0 Å². The molecule has 0 aliphatic rings. The van der Waals surface area contributed by atoms with Crippen LogP contribution in [0.2, 0.25) is 0 Å². The first-order chi connectivity index (χ1) is 6.38. The molecule has 0 saturated carbocycles. The summed E-state index contributed by atoms with van der Waals surface area (Å²) in [5.41, 5.74) is 3.39. The number of hydrogen-bond donors (Lipinski definition) is 0. The predicted octanol–water partition coefficient (Wildman–Crippen LogP) is 2.45. The van der Waals surface area contributed by atoms with E-state index in [0.717, 1.165) is 5.69 Å². The molecule has 1 aromatic heterocycles. The van der Waals surface area contributed by atoms with Gasteiger partial charge in [-0.1, -0.05) is 24.3 Å². The third-order valence-electron chi connectivity index (χ3n) is 2.00. The second-order valence-corrected chi connectivity index (χ2v) is 2.91. The number of benzene rings is 1. The van der Waals surface area contributed by atoms with Crippen LogP contribution < -0.4 is 0 Å². The van der Waals surface area contributed by atoms with E-state index in [-0.39, 0.29) is 0 Å². The highest BCUT2D eigenvalue weighted by Gasteiger charge is 1.99. The van der Waals surface area contributed by atoms with Crippen molar-refractivity contribution in [3.63, 3.8) is 0 Å². The molecule has 0 aliphatic heterocycles. The average molecular weight is 170 g/mol. The second-order valence-electron chi connectivity index (χ2n) is 2.91. The van der Waals surface area contributed by atoms with Crippen molar-refractivity contribution in [3.05, 3.63) is 48.4 Å². The summed E-state index contributed by atoms with van der Waals surface area (Å²) in [7, 11) is 0. The van der Waals surface area contributed by atoms with Gasteiger partial charge in [0.15, 0.2) is 0 Å². The minimum absolute atomic E-state index is 0.980. The second kappa shape index (κ2) is 3.35. The van der Waals surface area contributed by atoms with E-state index < -0.39 is 0 Å². The highest BCUT2D eigenvalue weighted by atomic mass is 14.8. The molecule has 0 atom stereocenters. The van der Waals surface area contributed by atoms with Crippen LogP contribution in [-0.2, 0) is 0 Å². The van der Waals surface area contributed by atoms with E-state index in [2.05, 4.69) is 29.0 Å². The number of aryl methyl sites for hydroxylation is 1. The smallest absolute Gasteiger partial charge is 0.116 e. The zero-order valence-electron chi connectivity index (χ0n) is 7.44. The summed E-state index contributed by atoms with van der Waals surface area (Å²) in [6.45, 7) is 2.08. The van der Waals surface area contributed by atoms with Crippen LogP contribution in [0.15, 0.2) is 42.9 Å². The van der Waals surface area contributed by atoms with E-state index >= 15 is 0 Å². The fourth-order valence-electron chi connectivity index (χ4n) is 1.31. The van der Waals surface area contributed by atoms with Gasteiger partial charge in [0, 0.05) is 11.8 Å². The zero-order chi connectivity index (χ0) is 9.10. The molecular formula is C11H10N2. The number of hydrogen-bond acceptors (Lipinski definition) is 2. The molecule has 0 radical (unpaired) electrons. The van der Waals surface area contributed by atoms with Crippen molar-refractivity contribution in [2.45, 2.75) is 6.92 Å². The highest BCUT2D eigenvalue weighted by Crippen LogP contribution is 2.19. The van der Waals surface area contributed by atoms with Crippen molar-refractivity contribution >= 4 is 0 Å². The summed E-state index contributed by atoms with van der Waals surface area (Å²) in [6.07, 6.45) is 3.33. The van der Waals surface area contributed by atoms with Crippen LogP contribution >= 0.6 is 0 Å². The van der Waals surface area contributed by atoms with E-state index in [1.54, 1.807) is 12.5 Å². The van der Waals surface area contributed by atoms with Gasteiger partial charge in [0.25, 0.3) is 0 Å². The minimum Gasteiger partial charge on any atom is -0.245 e. The summed E-state index contributed by atoms with van der Waals surface area (Å²) < 4.78 is 0. The molecule has 1 aromatic carbocycles. The first-order valence-corrected chi connectivity index (χ1v) is 4.20. The maximum absolute atomic E-state index is 4.20. The molecule has 64 valence electrons. The standard InChI is InChI=1S/C11H10N2/c1-9-4-2-3-5-10(9)11-6-7-12-8-13-11/h2-8H,1H3. The molecule has 0 bridgehead atoms. The van der Waals surface area contributed by atoms with Crippen LogP contribution in [0.25, 0.3) is 11.3 Å². The van der Waals surface area contributed by atoms with Crippen molar-refractivity contribution in [1.29, 1.82) is 0 Å². The molecule has 0 aliphatic carbocycles. The molecule has 13 heavy (non-hydrogen) atoms. The van der Waals surface area contributed by atoms with E-state index in [0.29, 0.717) is 0 Å². The maximum atomic E-state index is 4.20. The Morgan fingerprint density at radius 3 is 2.62 bits per heavy atom. The van der Waals surface area contributed by atoms with Gasteiger partial charge in [-0.25, -0.2) is 9.97 Å². The zero-order valence-corrected chi connectivity index (χ0v) is 7.44. The van der Waals surface area contributed by atoms with Crippen molar-refractivity contribution < 1.29 is 0 Å². The van der Waals surface area contributed by atoms with Gasteiger partial charge in [0.2, 0.25) is 0 Å². The van der Waals surface area contributed by atoms with E-state index in [9.17, 15) is 0 Å². The number of aromatic nitrogens is 2. The van der Waals surface area contributed by atoms with Crippen LogP contribution in [0, 0.1) is 6.92 Å². The summed E-state index contributed by atoms with van der Waals surface area (Å²) in [5.74, 6) is 0. The summed E-state index contributed by atoms with van der Waals surface area (Å²) in [4.78, 5) is 8.09. The average Bonchev–Trinajstić information content (AvgIpc) is 2.20. The third-order valence-corrected chi connectivity index (χ3v) is 2.00. The largest absolute Gasteiger partial charge is 0.245 e. The summed E-state index contributed by atoms with van der Waals surface area (Å²) >= 11 is 0. The fraction of sp³-hybridized carbons (Fsp3) is 0.0909. The maximum Gasteiger partial charge on any atom is 0.116 e. The quantitative estimate of drug-likeness (QED) is 0.657. The number of nitrogens with zero attached hydrogens (tertiary/aromatic N) is 2. The minimum atomic E-state index is 0.980. The lowest BCUT2D eigenvalue weighted by molar-refractivity contribution is 1.17. The molecule has 1 heterocycles. The molecule has 2 nitrogen and oxygen atoms in total. The van der Waals surface area contributed by atoms with E-state index in [1.807, 2.05) is 18.2 Å². The topological polar surface area (TPSA) is 25.8 Å². The Labute approximate surface area is 77.3 Å². The van der Waals surface area contributed by atoms with Crippen LogP contribution in [0.3, 0.4) is 0 Å². The first kappa shape index (κ1) is 7.92. The van der Waals surface area contributed by atoms with Crippen molar-refractivity contribution in [3.8, 4) is 11.3 Å². The Morgan fingerprint density at radius 1 is 1.08 bits per heavy atom. The lowest BCUT2D eigenvalue weighted by atomic mass is 10.1. The number of rotatable bonds is 1. The Kier molecular flexibility index (Phi) is 2.04. The fourth-order valence-corrected chi connectivity index (χ4v) is 1.31. The van der Waals surface area contributed by atoms with Crippen LogP contribution in [0.5, 0.6) is 0 Å². The normalized spacial score (nSPS) is 9.92. The molecule has 0 spiro atoms. The van der Waals surface area contributed by atoms with Crippen molar-refractivity contribution in [2.75, 3.05) is 0 Å². The Morgan fingerprint density at radius 2 is 1.92 bits per heavy atom. The van der Waals surface area contributed by atoms with E-state index in [1.165, 1.54) is 11.1 Å². The van der Waals surface area contributed by atoms with Gasteiger partial charge in [-0.2, -0.15) is 0 Å². The predicted molar refractivity (Wildman–Crippen MR) is 52.2 cm³/mol. The van der Waals surface area contributed by atoms with Gasteiger partial charge < -0.3 is 0 Å². The highest BCUT2D eigenvalue weighted by molar-refractivity contribution is 5.62. The summed E-state index contributed by atoms with van der Waals surface area (Å²) in [6, 6.07) is 10.1. The Bertz CT molecular complexity index is 396. The SMILES string of the molecule is Cc1ccccc1-c1ccncn1. The molecule has 0 N–H and O–H groups in total. The van der Waals surface area contributed by atoms with Gasteiger partial charge in [-0.05, 0) is 18.6 Å². The molecule has 2 heteroatoms. The van der Waals surface area contributed by atoms with Gasteiger partial charge in [-0.15, -0.1) is 0 Å².